The lowest BCUT2D eigenvalue weighted by Crippen LogP contribution is -2.40. The first-order valence-electron chi connectivity index (χ1n) is 6.71. The van der Waals surface area contributed by atoms with Crippen LogP contribution in [0.1, 0.15) is 24.3 Å². The molecule has 0 saturated heterocycles. The maximum Gasteiger partial charge on any atom is 0.268 e. The first kappa shape index (κ1) is 15.0. The first-order valence-corrected chi connectivity index (χ1v) is 6.71. The SMILES string of the molecule is CC(C)NC(=O)CNC(=O)c1cc2c(F)cccc2n1C. The predicted molar refractivity (Wildman–Crippen MR) is 78.5 cm³/mol. The molecule has 0 saturated carbocycles. The van der Waals surface area contributed by atoms with Gasteiger partial charge in [-0.05, 0) is 32.0 Å². The molecule has 5 nitrogen and oxygen atoms in total. The zero-order valence-electron chi connectivity index (χ0n) is 12.2. The van der Waals surface area contributed by atoms with Crippen LogP contribution in [0.25, 0.3) is 10.9 Å². The van der Waals surface area contributed by atoms with Gasteiger partial charge in [-0.25, -0.2) is 4.39 Å². The van der Waals surface area contributed by atoms with Crippen molar-refractivity contribution >= 4 is 22.7 Å². The van der Waals surface area contributed by atoms with Crippen molar-refractivity contribution in [1.82, 2.24) is 15.2 Å². The van der Waals surface area contributed by atoms with Gasteiger partial charge in [-0.2, -0.15) is 0 Å². The molecule has 0 spiro atoms. The summed E-state index contributed by atoms with van der Waals surface area (Å²) < 4.78 is 15.3. The third kappa shape index (κ3) is 3.21. The second-order valence-corrected chi connectivity index (χ2v) is 5.17. The molecule has 21 heavy (non-hydrogen) atoms. The monoisotopic (exact) mass is 291 g/mol. The fourth-order valence-electron chi connectivity index (χ4n) is 2.17. The highest BCUT2D eigenvalue weighted by molar-refractivity contribution is 6.00. The minimum absolute atomic E-state index is 0.0149. The highest BCUT2D eigenvalue weighted by Crippen LogP contribution is 2.21. The summed E-state index contributed by atoms with van der Waals surface area (Å²) in [6.07, 6.45) is 0. The summed E-state index contributed by atoms with van der Waals surface area (Å²) in [5, 5.41) is 5.60. The van der Waals surface area contributed by atoms with Crippen molar-refractivity contribution in [1.29, 1.82) is 0 Å². The number of aromatic nitrogens is 1. The van der Waals surface area contributed by atoms with Crippen LogP contribution in [0, 0.1) is 5.82 Å². The molecule has 6 heteroatoms. The van der Waals surface area contributed by atoms with Gasteiger partial charge in [0.05, 0.1) is 12.1 Å². The van der Waals surface area contributed by atoms with Crippen LogP contribution < -0.4 is 10.6 Å². The largest absolute Gasteiger partial charge is 0.352 e. The second-order valence-electron chi connectivity index (χ2n) is 5.17. The van der Waals surface area contributed by atoms with Crippen molar-refractivity contribution in [2.45, 2.75) is 19.9 Å². The van der Waals surface area contributed by atoms with Crippen molar-refractivity contribution in [3.63, 3.8) is 0 Å². The number of carbonyl (C=O) groups excluding carboxylic acids is 2. The first-order chi connectivity index (χ1) is 9.90. The topological polar surface area (TPSA) is 63.1 Å². The molecular formula is C15H18FN3O2. The van der Waals surface area contributed by atoms with Crippen LogP contribution in [0.5, 0.6) is 0 Å². The molecule has 2 N–H and O–H groups in total. The molecule has 1 heterocycles. The molecule has 0 bridgehead atoms. The Morgan fingerprint density at radius 1 is 1.33 bits per heavy atom. The molecule has 0 atom stereocenters. The Bertz CT molecular complexity index is 692. The Balaban J connectivity index is 2.15. The lowest BCUT2D eigenvalue weighted by molar-refractivity contribution is -0.120. The van der Waals surface area contributed by atoms with Crippen LogP contribution in [-0.4, -0.2) is 29.0 Å². The van der Waals surface area contributed by atoms with Gasteiger partial charge >= 0.3 is 0 Å². The van der Waals surface area contributed by atoms with E-state index in [0.717, 1.165) is 0 Å². The lowest BCUT2D eigenvalue weighted by atomic mass is 10.2. The van der Waals surface area contributed by atoms with Crippen LogP contribution in [0.3, 0.4) is 0 Å². The maximum absolute atomic E-state index is 13.7. The number of carbonyl (C=O) groups is 2. The fourth-order valence-corrected chi connectivity index (χ4v) is 2.17. The highest BCUT2D eigenvalue weighted by Gasteiger charge is 2.16. The maximum atomic E-state index is 13.7. The standard InChI is InChI=1S/C15H18FN3O2/c1-9(2)18-14(20)8-17-15(21)13-7-10-11(16)5-4-6-12(10)19(13)3/h4-7,9H,8H2,1-3H3,(H,17,21)(H,18,20). The third-order valence-electron chi connectivity index (χ3n) is 3.13. The fraction of sp³-hybridized carbons (Fsp3) is 0.333. The number of hydrogen-bond donors (Lipinski definition) is 2. The molecular weight excluding hydrogens is 273 g/mol. The van der Waals surface area contributed by atoms with E-state index in [1.54, 1.807) is 23.7 Å². The van der Waals surface area contributed by atoms with E-state index in [4.69, 9.17) is 0 Å². The molecule has 2 aromatic rings. The summed E-state index contributed by atoms with van der Waals surface area (Å²) in [6.45, 7) is 3.57. The van der Waals surface area contributed by atoms with E-state index in [1.165, 1.54) is 12.1 Å². The van der Waals surface area contributed by atoms with Crippen LogP contribution in [0.4, 0.5) is 4.39 Å². The molecule has 1 aromatic heterocycles. The summed E-state index contributed by atoms with van der Waals surface area (Å²) in [6, 6.07) is 6.18. The van der Waals surface area contributed by atoms with Crippen molar-refractivity contribution in [2.75, 3.05) is 6.54 Å². The van der Waals surface area contributed by atoms with Gasteiger partial charge < -0.3 is 15.2 Å². The number of halogens is 1. The Labute approximate surface area is 122 Å². The third-order valence-corrected chi connectivity index (χ3v) is 3.13. The Morgan fingerprint density at radius 2 is 2.05 bits per heavy atom. The van der Waals surface area contributed by atoms with E-state index < -0.39 is 5.91 Å². The summed E-state index contributed by atoms with van der Waals surface area (Å²) in [5.41, 5.74) is 0.944. The quantitative estimate of drug-likeness (QED) is 0.898. The van der Waals surface area contributed by atoms with Gasteiger partial charge in [0.1, 0.15) is 11.5 Å². The Morgan fingerprint density at radius 3 is 2.67 bits per heavy atom. The summed E-state index contributed by atoms with van der Waals surface area (Å²) >= 11 is 0. The smallest absolute Gasteiger partial charge is 0.268 e. The van der Waals surface area contributed by atoms with E-state index in [1.807, 2.05) is 13.8 Å². The molecule has 0 radical (unpaired) electrons. The molecule has 2 amide bonds. The second kappa shape index (κ2) is 5.95. The van der Waals surface area contributed by atoms with Crippen molar-refractivity contribution in [3.8, 4) is 0 Å². The molecule has 0 aliphatic rings. The zero-order valence-corrected chi connectivity index (χ0v) is 12.2. The lowest BCUT2D eigenvalue weighted by Gasteiger charge is -2.09. The van der Waals surface area contributed by atoms with Crippen LogP contribution in [-0.2, 0) is 11.8 Å². The minimum Gasteiger partial charge on any atom is -0.352 e. The van der Waals surface area contributed by atoms with Gasteiger partial charge in [-0.15, -0.1) is 0 Å². The zero-order chi connectivity index (χ0) is 15.6. The summed E-state index contributed by atoms with van der Waals surface area (Å²) in [7, 11) is 1.69. The average Bonchev–Trinajstić information content (AvgIpc) is 2.75. The Kier molecular flexibility index (Phi) is 4.26. The normalized spacial score (nSPS) is 10.9. The van der Waals surface area contributed by atoms with Gasteiger partial charge in [0.25, 0.3) is 5.91 Å². The van der Waals surface area contributed by atoms with E-state index >= 15 is 0 Å². The number of hydrogen-bond acceptors (Lipinski definition) is 2. The number of fused-ring (bicyclic) bond motifs is 1. The Hall–Kier alpha value is -2.37. The number of amides is 2. The van der Waals surface area contributed by atoms with Crippen LogP contribution in [0.2, 0.25) is 0 Å². The molecule has 112 valence electrons. The number of nitrogens with one attached hydrogen (secondary N) is 2. The summed E-state index contributed by atoms with van der Waals surface area (Å²) in [4.78, 5) is 23.6. The van der Waals surface area contributed by atoms with Crippen molar-refractivity contribution in [2.24, 2.45) is 7.05 Å². The van der Waals surface area contributed by atoms with Gasteiger partial charge in [0, 0.05) is 18.5 Å². The van der Waals surface area contributed by atoms with Gasteiger partial charge in [-0.3, -0.25) is 9.59 Å². The van der Waals surface area contributed by atoms with E-state index in [-0.39, 0.29) is 24.3 Å². The van der Waals surface area contributed by atoms with Crippen LogP contribution >= 0.6 is 0 Å². The highest BCUT2D eigenvalue weighted by atomic mass is 19.1. The number of benzene rings is 1. The average molecular weight is 291 g/mol. The molecule has 0 aliphatic heterocycles. The predicted octanol–water partition coefficient (Wildman–Crippen LogP) is 1.57. The minimum atomic E-state index is -0.410. The number of nitrogens with zero attached hydrogens (tertiary/aromatic N) is 1. The van der Waals surface area contributed by atoms with E-state index in [9.17, 15) is 14.0 Å². The molecule has 0 aliphatic carbocycles. The van der Waals surface area contributed by atoms with Crippen molar-refractivity contribution < 1.29 is 14.0 Å². The molecule has 2 rings (SSSR count). The molecule has 0 fully saturated rings. The molecule has 1 aromatic carbocycles. The van der Waals surface area contributed by atoms with Gasteiger partial charge in [0.15, 0.2) is 0 Å². The van der Waals surface area contributed by atoms with Gasteiger partial charge in [-0.1, -0.05) is 6.07 Å². The number of rotatable bonds is 4. The van der Waals surface area contributed by atoms with E-state index in [2.05, 4.69) is 10.6 Å². The van der Waals surface area contributed by atoms with Crippen molar-refractivity contribution in [3.05, 3.63) is 35.8 Å². The van der Waals surface area contributed by atoms with E-state index in [0.29, 0.717) is 16.6 Å². The van der Waals surface area contributed by atoms with Gasteiger partial charge in [0.2, 0.25) is 5.91 Å². The summed E-state index contributed by atoms with van der Waals surface area (Å²) in [5.74, 6) is -1.05. The van der Waals surface area contributed by atoms with Crippen LogP contribution in [0.15, 0.2) is 24.3 Å². The molecule has 0 unspecified atom stereocenters. The number of aryl methyl sites for hydroxylation is 1.